The highest BCUT2D eigenvalue weighted by atomic mass is 127. The molecule has 0 saturated carbocycles. The van der Waals surface area contributed by atoms with E-state index in [1.165, 1.54) is 11.1 Å². The zero-order valence-corrected chi connectivity index (χ0v) is 18.9. The molecule has 0 aromatic carbocycles. The molecule has 2 atom stereocenters. The van der Waals surface area contributed by atoms with Crippen LogP contribution in [0, 0.1) is 0 Å². The molecule has 0 bridgehead atoms. The number of sulfone groups is 1. The monoisotopic (exact) mass is 488 g/mol. The van der Waals surface area contributed by atoms with Crippen molar-refractivity contribution in [1.82, 2.24) is 15.5 Å². The Morgan fingerprint density at radius 2 is 2.08 bits per heavy atom. The first-order valence-corrected chi connectivity index (χ1v) is 10.5. The fraction of sp³-hybridized carbons (Fsp3) is 0.667. The SMILES string of the molecule is CN=C(NCC(c1cccs1)N(C)C)NC(C)CCS(C)(=O)=O.I. The number of nitrogens with zero attached hydrogens (tertiary/aromatic N) is 2. The van der Waals surface area contributed by atoms with E-state index >= 15 is 0 Å². The van der Waals surface area contributed by atoms with Crippen molar-refractivity contribution in [2.75, 3.05) is 39.7 Å². The molecule has 1 aromatic heterocycles. The van der Waals surface area contributed by atoms with Crippen LogP contribution in [-0.4, -0.2) is 65.0 Å². The average Bonchev–Trinajstić information content (AvgIpc) is 2.97. The van der Waals surface area contributed by atoms with Gasteiger partial charge in [-0.15, -0.1) is 35.3 Å². The zero-order chi connectivity index (χ0) is 17.5. The Balaban J connectivity index is 0.00000529. The van der Waals surface area contributed by atoms with Crippen LogP contribution < -0.4 is 10.6 Å². The molecule has 0 spiro atoms. The van der Waals surface area contributed by atoms with Crippen molar-refractivity contribution in [3.05, 3.63) is 22.4 Å². The lowest BCUT2D eigenvalue weighted by Gasteiger charge is -2.25. The first-order valence-electron chi connectivity index (χ1n) is 7.57. The topological polar surface area (TPSA) is 73.8 Å². The van der Waals surface area contributed by atoms with Crippen molar-refractivity contribution in [2.24, 2.45) is 4.99 Å². The molecule has 0 fully saturated rings. The molecular formula is C15H29IN4O2S2. The maximum absolute atomic E-state index is 11.2. The standard InChI is InChI=1S/C15H28N4O2S2.HI/c1-12(8-10-23(5,20)21)18-15(16-2)17-11-13(19(3)4)14-7-6-9-22-14;/h6-7,9,12-13H,8,10-11H2,1-5H3,(H2,16,17,18);1H. The van der Waals surface area contributed by atoms with E-state index in [1.807, 2.05) is 6.92 Å². The summed E-state index contributed by atoms with van der Waals surface area (Å²) < 4.78 is 22.5. The molecule has 0 aliphatic carbocycles. The molecule has 0 aliphatic heterocycles. The second-order valence-corrected chi connectivity index (χ2v) is 9.15. The van der Waals surface area contributed by atoms with Crippen molar-refractivity contribution in [3.8, 4) is 0 Å². The summed E-state index contributed by atoms with van der Waals surface area (Å²) in [5, 5.41) is 8.64. The zero-order valence-electron chi connectivity index (χ0n) is 14.9. The van der Waals surface area contributed by atoms with Crippen LogP contribution in [0.25, 0.3) is 0 Å². The molecule has 9 heteroatoms. The first-order chi connectivity index (χ1) is 10.7. The van der Waals surface area contributed by atoms with Crippen LogP contribution in [0.2, 0.25) is 0 Å². The van der Waals surface area contributed by atoms with Crippen molar-refractivity contribution < 1.29 is 8.42 Å². The molecule has 0 radical (unpaired) electrons. The van der Waals surface area contributed by atoms with Crippen LogP contribution >= 0.6 is 35.3 Å². The minimum Gasteiger partial charge on any atom is -0.354 e. The third kappa shape index (κ3) is 9.19. The molecule has 140 valence electrons. The lowest BCUT2D eigenvalue weighted by atomic mass is 10.2. The minimum atomic E-state index is -2.93. The third-order valence-electron chi connectivity index (χ3n) is 3.49. The molecule has 0 aliphatic rings. The molecule has 1 aromatic rings. The van der Waals surface area contributed by atoms with Gasteiger partial charge in [-0.1, -0.05) is 6.07 Å². The van der Waals surface area contributed by atoms with Gasteiger partial charge in [0.15, 0.2) is 5.96 Å². The van der Waals surface area contributed by atoms with Crippen LogP contribution in [0.5, 0.6) is 0 Å². The summed E-state index contributed by atoms with van der Waals surface area (Å²) in [5.41, 5.74) is 0. The van der Waals surface area contributed by atoms with Crippen LogP contribution in [0.1, 0.15) is 24.3 Å². The van der Waals surface area contributed by atoms with E-state index < -0.39 is 9.84 Å². The van der Waals surface area contributed by atoms with Crippen LogP contribution in [0.15, 0.2) is 22.5 Å². The van der Waals surface area contributed by atoms with Crippen molar-refractivity contribution in [2.45, 2.75) is 25.4 Å². The quantitative estimate of drug-likeness (QED) is 0.333. The molecular weight excluding hydrogens is 459 g/mol. The second-order valence-electron chi connectivity index (χ2n) is 5.91. The smallest absolute Gasteiger partial charge is 0.191 e. The Kier molecular flexibility index (Phi) is 11.1. The summed E-state index contributed by atoms with van der Waals surface area (Å²) >= 11 is 1.73. The van der Waals surface area contributed by atoms with Crippen molar-refractivity contribution >= 4 is 51.1 Å². The summed E-state index contributed by atoms with van der Waals surface area (Å²) in [6.45, 7) is 2.69. The predicted octanol–water partition coefficient (Wildman–Crippen LogP) is 1.96. The number of halogens is 1. The van der Waals surface area contributed by atoms with Crippen LogP contribution in [0.3, 0.4) is 0 Å². The van der Waals surface area contributed by atoms with Gasteiger partial charge >= 0.3 is 0 Å². The summed E-state index contributed by atoms with van der Waals surface area (Å²) in [7, 11) is 2.89. The number of likely N-dealkylation sites (N-methyl/N-ethyl adjacent to an activating group) is 1. The molecule has 24 heavy (non-hydrogen) atoms. The van der Waals surface area contributed by atoms with Gasteiger partial charge in [0, 0.05) is 30.8 Å². The Hall–Kier alpha value is -0.390. The van der Waals surface area contributed by atoms with Gasteiger partial charge in [-0.05, 0) is 38.9 Å². The Labute approximate surface area is 167 Å². The number of nitrogens with one attached hydrogen (secondary N) is 2. The minimum absolute atomic E-state index is 0. The largest absolute Gasteiger partial charge is 0.354 e. The molecule has 1 heterocycles. The Bertz CT molecular complexity index is 589. The van der Waals surface area contributed by atoms with Gasteiger partial charge < -0.3 is 15.5 Å². The number of hydrogen-bond acceptors (Lipinski definition) is 5. The molecule has 2 N–H and O–H groups in total. The fourth-order valence-electron chi connectivity index (χ4n) is 2.10. The summed E-state index contributed by atoms with van der Waals surface area (Å²) in [4.78, 5) is 7.68. The lowest BCUT2D eigenvalue weighted by Crippen LogP contribution is -2.45. The summed E-state index contributed by atoms with van der Waals surface area (Å²) in [6.07, 6.45) is 1.82. The van der Waals surface area contributed by atoms with Gasteiger partial charge in [0.2, 0.25) is 0 Å². The first kappa shape index (κ1) is 23.6. The maximum atomic E-state index is 11.2. The van der Waals surface area contributed by atoms with Crippen LogP contribution in [0.4, 0.5) is 0 Å². The van der Waals surface area contributed by atoms with Gasteiger partial charge in [0.1, 0.15) is 9.84 Å². The highest BCUT2D eigenvalue weighted by Gasteiger charge is 2.16. The van der Waals surface area contributed by atoms with Gasteiger partial charge in [-0.3, -0.25) is 4.99 Å². The molecule has 2 unspecified atom stereocenters. The Morgan fingerprint density at radius 3 is 2.54 bits per heavy atom. The maximum Gasteiger partial charge on any atom is 0.191 e. The summed E-state index contributed by atoms with van der Waals surface area (Å²) in [6, 6.07) is 4.48. The van der Waals surface area contributed by atoms with Crippen molar-refractivity contribution in [1.29, 1.82) is 0 Å². The van der Waals surface area contributed by atoms with Gasteiger partial charge in [0.05, 0.1) is 11.8 Å². The molecule has 0 amide bonds. The lowest BCUT2D eigenvalue weighted by molar-refractivity contribution is 0.302. The average molecular weight is 488 g/mol. The Morgan fingerprint density at radius 1 is 1.42 bits per heavy atom. The fourth-order valence-corrected chi connectivity index (χ4v) is 3.81. The van der Waals surface area contributed by atoms with E-state index in [0.717, 1.165) is 6.54 Å². The number of thiophene rings is 1. The van der Waals surface area contributed by atoms with Gasteiger partial charge in [-0.2, -0.15) is 0 Å². The number of rotatable bonds is 8. The van der Waals surface area contributed by atoms with E-state index in [0.29, 0.717) is 12.4 Å². The van der Waals surface area contributed by atoms with Crippen molar-refractivity contribution in [3.63, 3.8) is 0 Å². The van der Waals surface area contributed by atoms with E-state index in [4.69, 9.17) is 0 Å². The predicted molar refractivity (Wildman–Crippen MR) is 114 cm³/mol. The molecule has 6 nitrogen and oxygen atoms in total. The highest BCUT2D eigenvalue weighted by Crippen LogP contribution is 2.22. The molecule has 0 saturated heterocycles. The van der Waals surface area contributed by atoms with Crippen LogP contribution in [-0.2, 0) is 9.84 Å². The number of guanidine groups is 1. The normalized spacial score (nSPS) is 14.8. The van der Waals surface area contributed by atoms with E-state index in [2.05, 4.69) is 52.1 Å². The van der Waals surface area contributed by atoms with E-state index in [9.17, 15) is 8.42 Å². The molecule has 1 rings (SSSR count). The third-order valence-corrected chi connectivity index (χ3v) is 5.44. The number of hydrogen-bond donors (Lipinski definition) is 2. The number of aliphatic imine (C=N–C) groups is 1. The van der Waals surface area contributed by atoms with E-state index in [1.54, 1.807) is 18.4 Å². The van der Waals surface area contributed by atoms with E-state index in [-0.39, 0.29) is 41.8 Å². The second kappa shape index (κ2) is 11.3. The van der Waals surface area contributed by atoms with Gasteiger partial charge in [-0.25, -0.2) is 8.42 Å². The highest BCUT2D eigenvalue weighted by molar-refractivity contribution is 14.0. The van der Waals surface area contributed by atoms with Gasteiger partial charge in [0.25, 0.3) is 0 Å². The summed E-state index contributed by atoms with van der Waals surface area (Å²) in [5.74, 6) is 0.864.